The molecule has 3 aromatic rings. The molecule has 4 rings (SSSR count). The minimum atomic E-state index is 0.454. The van der Waals surface area contributed by atoms with Crippen LogP contribution in [0.3, 0.4) is 0 Å². The van der Waals surface area contributed by atoms with Crippen LogP contribution in [-0.4, -0.2) is 21.8 Å². The number of rotatable bonds is 6. The fourth-order valence-corrected chi connectivity index (χ4v) is 3.35. The lowest BCUT2D eigenvalue weighted by atomic mass is 9.85. The zero-order valence-electron chi connectivity index (χ0n) is 16.0. The highest BCUT2D eigenvalue weighted by Gasteiger charge is 2.24. The molecule has 0 radical (unpaired) electrons. The summed E-state index contributed by atoms with van der Waals surface area (Å²) in [4.78, 5) is 4.95. The summed E-state index contributed by atoms with van der Waals surface area (Å²) in [6.07, 6.45) is 4.60. The van der Waals surface area contributed by atoms with Gasteiger partial charge in [-0.2, -0.15) is 0 Å². The molecule has 0 saturated heterocycles. The normalized spacial score (nSPS) is 14.0. The van der Waals surface area contributed by atoms with E-state index in [4.69, 9.17) is 9.72 Å². The lowest BCUT2D eigenvalue weighted by molar-refractivity contribution is 0.340. The number of aryl methyl sites for hydroxylation is 1. The SMILES string of the molecule is CCOc1ccc(-c2nc(C3CCC3)nnc2-c2ccc(CC)cc2)cc1. The Bertz CT molecular complexity index is 900. The van der Waals surface area contributed by atoms with E-state index in [0.29, 0.717) is 12.5 Å². The molecule has 0 atom stereocenters. The van der Waals surface area contributed by atoms with Gasteiger partial charge in [-0.25, -0.2) is 4.98 Å². The summed E-state index contributed by atoms with van der Waals surface area (Å²) in [6, 6.07) is 16.6. The molecule has 2 aromatic carbocycles. The molecule has 1 fully saturated rings. The van der Waals surface area contributed by atoms with Gasteiger partial charge in [0.05, 0.1) is 6.61 Å². The van der Waals surface area contributed by atoms with E-state index in [1.54, 1.807) is 0 Å². The molecule has 0 N–H and O–H groups in total. The van der Waals surface area contributed by atoms with Crippen LogP contribution in [0.2, 0.25) is 0 Å². The topological polar surface area (TPSA) is 47.9 Å². The molecule has 0 spiro atoms. The zero-order valence-corrected chi connectivity index (χ0v) is 16.0. The minimum Gasteiger partial charge on any atom is -0.494 e. The number of ether oxygens (including phenoxy) is 1. The van der Waals surface area contributed by atoms with Crippen LogP contribution in [-0.2, 0) is 6.42 Å². The molecular formula is C23H25N3O. The van der Waals surface area contributed by atoms with E-state index >= 15 is 0 Å². The average molecular weight is 359 g/mol. The maximum atomic E-state index is 5.58. The Balaban J connectivity index is 1.77. The summed E-state index contributed by atoms with van der Waals surface area (Å²) in [6.45, 7) is 4.82. The van der Waals surface area contributed by atoms with Crippen molar-refractivity contribution in [1.82, 2.24) is 15.2 Å². The van der Waals surface area contributed by atoms with Gasteiger partial charge >= 0.3 is 0 Å². The number of aromatic nitrogens is 3. The standard InChI is InChI=1S/C23H25N3O/c1-3-16-8-10-18(11-9-16)22-21(17-12-14-20(15-13-17)27-4-2)24-23(26-25-22)19-6-5-7-19/h8-15,19H,3-7H2,1-2H3. The highest BCUT2D eigenvalue weighted by Crippen LogP contribution is 2.36. The molecule has 4 heteroatoms. The van der Waals surface area contributed by atoms with E-state index in [1.165, 1.54) is 12.0 Å². The number of nitrogens with zero attached hydrogens (tertiary/aromatic N) is 3. The first kappa shape index (κ1) is 17.7. The molecule has 1 aromatic heterocycles. The van der Waals surface area contributed by atoms with Gasteiger partial charge in [0.25, 0.3) is 0 Å². The second kappa shape index (κ2) is 7.87. The molecule has 4 nitrogen and oxygen atoms in total. The predicted molar refractivity (Wildman–Crippen MR) is 108 cm³/mol. The summed E-state index contributed by atoms with van der Waals surface area (Å²) >= 11 is 0. The van der Waals surface area contributed by atoms with Gasteiger partial charge in [-0.1, -0.05) is 37.6 Å². The van der Waals surface area contributed by atoms with E-state index < -0.39 is 0 Å². The maximum Gasteiger partial charge on any atom is 0.154 e. The number of hydrogen-bond donors (Lipinski definition) is 0. The minimum absolute atomic E-state index is 0.454. The molecule has 0 bridgehead atoms. The second-order valence-electron chi connectivity index (χ2n) is 7.00. The Morgan fingerprint density at radius 1 is 0.852 bits per heavy atom. The molecule has 1 aliphatic carbocycles. The van der Waals surface area contributed by atoms with Gasteiger partial charge in [-0.05, 0) is 56.0 Å². The van der Waals surface area contributed by atoms with Crippen molar-refractivity contribution in [2.45, 2.75) is 45.4 Å². The van der Waals surface area contributed by atoms with Gasteiger partial charge in [-0.15, -0.1) is 10.2 Å². The summed E-state index contributed by atoms with van der Waals surface area (Å²) in [5, 5.41) is 9.07. The average Bonchev–Trinajstić information content (AvgIpc) is 2.68. The third-order valence-corrected chi connectivity index (χ3v) is 5.25. The summed E-state index contributed by atoms with van der Waals surface area (Å²) in [5.74, 6) is 2.20. The fourth-order valence-electron chi connectivity index (χ4n) is 3.35. The van der Waals surface area contributed by atoms with Crippen molar-refractivity contribution in [3.63, 3.8) is 0 Å². The molecule has 1 heterocycles. The lowest BCUT2D eigenvalue weighted by Gasteiger charge is -2.24. The van der Waals surface area contributed by atoms with Crippen molar-refractivity contribution >= 4 is 0 Å². The summed E-state index contributed by atoms with van der Waals surface area (Å²) in [5.41, 5.74) is 5.15. The highest BCUT2D eigenvalue weighted by atomic mass is 16.5. The third-order valence-electron chi connectivity index (χ3n) is 5.25. The van der Waals surface area contributed by atoms with Crippen LogP contribution >= 0.6 is 0 Å². The summed E-state index contributed by atoms with van der Waals surface area (Å²) < 4.78 is 5.58. The molecule has 0 aliphatic heterocycles. The molecule has 27 heavy (non-hydrogen) atoms. The van der Waals surface area contributed by atoms with E-state index in [2.05, 4.69) is 53.5 Å². The van der Waals surface area contributed by atoms with Crippen molar-refractivity contribution in [2.75, 3.05) is 6.61 Å². The first-order valence-electron chi connectivity index (χ1n) is 9.85. The smallest absolute Gasteiger partial charge is 0.154 e. The van der Waals surface area contributed by atoms with E-state index in [-0.39, 0.29) is 0 Å². The Kier molecular flexibility index (Phi) is 5.14. The quantitative estimate of drug-likeness (QED) is 0.588. The van der Waals surface area contributed by atoms with Gasteiger partial charge < -0.3 is 4.74 Å². The van der Waals surface area contributed by atoms with Crippen LogP contribution < -0.4 is 4.74 Å². The predicted octanol–water partition coefficient (Wildman–Crippen LogP) is 5.43. The first-order valence-corrected chi connectivity index (χ1v) is 9.85. The molecule has 1 saturated carbocycles. The van der Waals surface area contributed by atoms with E-state index in [9.17, 15) is 0 Å². The van der Waals surface area contributed by atoms with Crippen molar-refractivity contribution in [3.8, 4) is 28.3 Å². The second-order valence-corrected chi connectivity index (χ2v) is 7.00. The zero-order chi connectivity index (χ0) is 18.6. The Morgan fingerprint density at radius 2 is 1.52 bits per heavy atom. The molecule has 1 aliphatic rings. The van der Waals surface area contributed by atoms with Crippen molar-refractivity contribution in [1.29, 1.82) is 0 Å². The van der Waals surface area contributed by atoms with E-state index in [1.807, 2.05) is 19.1 Å². The van der Waals surface area contributed by atoms with Crippen molar-refractivity contribution in [3.05, 3.63) is 59.9 Å². The number of hydrogen-bond acceptors (Lipinski definition) is 4. The van der Waals surface area contributed by atoms with Crippen molar-refractivity contribution < 1.29 is 4.74 Å². The Morgan fingerprint density at radius 3 is 2.11 bits per heavy atom. The summed E-state index contributed by atoms with van der Waals surface area (Å²) in [7, 11) is 0. The Hall–Kier alpha value is -2.75. The fraction of sp³-hybridized carbons (Fsp3) is 0.348. The largest absolute Gasteiger partial charge is 0.494 e. The molecular weight excluding hydrogens is 334 g/mol. The molecule has 138 valence electrons. The van der Waals surface area contributed by atoms with Crippen LogP contribution in [0.1, 0.15) is 50.4 Å². The maximum absolute atomic E-state index is 5.58. The van der Waals surface area contributed by atoms with E-state index in [0.717, 1.165) is 53.4 Å². The van der Waals surface area contributed by atoms with Crippen LogP contribution in [0.5, 0.6) is 5.75 Å². The lowest BCUT2D eigenvalue weighted by Crippen LogP contribution is -2.14. The van der Waals surface area contributed by atoms with Crippen molar-refractivity contribution in [2.24, 2.45) is 0 Å². The number of benzene rings is 2. The molecule has 0 amide bonds. The third kappa shape index (κ3) is 3.70. The van der Waals surface area contributed by atoms with Crippen LogP contribution in [0, 0.1) is 0 Å². The van der Waals surface area contributed by atoms with Gasteiger partial charge in [0.1, 0.15) is 17.1 Å². The van der Waals surface area contributed by atoms with Gasteiger partial charge in [-0.3, -0.25) is 0 Å². The van der Waals surface area contributed by atoms with Gasteiger partial charge in [0, 0.05) is 17.0 Å². The van der Waals surface area contributed by atoms with Gasteiger partial charge in [0.2, 0.25) is 0 Å². The Labute approximate surface area is 160 Å². The van der Waals surface area contributed by atoms with Gasteiger partial charge in [0.15, 0.2) is 5.82 Å². The molecule has 0 unspecified atom stereocenters. The highest BCUT2D eigenvalue weighted by molar-refractivity contribution is 5.77. The monoisotopic (exact) mass is 359 g/mol. The van der Waals surface area contributed by atoms with Crippen LogP contribution in [0.15, 0.2) is 48.5 Å². The first-order chi connectivity index (χ1) is 13.3. The van der Waals surface area contributed by atoms with Crippen LogP contribution in [0.4, 0.5) is 0 Å². The van der Waals surface area contributed by atoms with Crippen LogP contribution in [0.25, 0.3) is 22.5 Å².